The van der Waals surface area contributed by atoms with Gasteiger partial charge in [-0.15, -0.1) is 11.3 Å². The Morgan fingerprint density at radius 3 is 2.58 bits per heavy atom. The molecule has 33 heavy (non-hydrogen) atoms. The lowest BCUT2D eigenvalue weighted by Gasteiger charge is -2.28. The zero-order valence-electron chi connectivity index (χ0n) is 18.3. The number of likely N-dealkylation sites (N-methyl/N-ethyl adjacent to an activating group) is 1. The number of aromatic nitrogens is 1. The van der Waals surface area contributed by atoms with Crippen LogP contribution in [0.2, 0.25) is 0 Å². The number of aliphatic hydroxyl groups excluding tert-OH is 1. The lowest BCUT2D eigenvalue weighted by Crippen LogP contribution is -2.37. The van der Waals surface area contributed by atoms with Crippen LogP contribution in [-0.2, 0) is 19.6 Å². The van der Waals surface area contributed by atoms with Gasteiger partial charge in [-0.25, -0.2) is 13.4 Å². The number of carbonyl (C=O) groups is 3. The van der Waals surface area contributed by atoms with Crippen LogP contribution < -0.4 is 10.6 Å². The van der Waals surface area contributed by atoms with Crippen molar-refractivity contribution in [1.82, 2.24) is 14.6 Å². The Morgan fingerprint density at radius 1 is 1.21 bits per heavy atom. The zero-order valence-corrected chi connectivity index (χ0v) is 20.0. The molecule has 10 nitrogen and oxygen atoms in total. The van der Waals surface area contributed by atoms with Crippen LogP contribution in [-0.4, -0.2) is 54.0 Å². The van der Waals surface area contributed by atoms with E-state index in [1.54, 1.807) is 13.1 Å². The molecule has 0 unspecified atom stereocenters. The number of carbonyl (C=O) groups excluding carboxylic acids is 3. The monoisotopic (exact) mass is 492 g/mol. The Kier molecular flexibility index (Phi) is 7.18. The molecule has 1 aliphatic heterocycles. The van der Waals surface area contributed by atoms with Crippen LogP contribution in [0.15, 0.2) is 35.0 Å². The van der Waals surface area contributed by atoms with Crippen molar-refractivity contribution in [2.24, 2.45) is 0 Å². The maximum Gasteiger partial charge on any atom is 0.278 e. The number of nitrogens with one attached hydrogen (secondary N) is 2. The predicted octanol–water partition coefficient (Wildman–Crippen LogP) is 2.44. The molecule has 0 bridgehead atoms. The fourth-order valence-corrected chi connectivity index (χ4v) is 5.24. The van der Waals surface area contributed by atoms with E-state index in [1.807, 2.05) is 6.92 Å². The van der Waals surface area contributed by atoms with Gasteiger partial charge in [0.1, 0.15) is 0 Å². The standard InChI is InChI=1S/C21H24N4O6S2/c1-4-9-22-17(27)8-6-15(26)13-5-7-16-14(10-13)19(28)18(25(3)33(16,30)31)20(29)24-21-23-11-12(2)32-21/h5,7,10-11,28H,4,6,8-9H2,1-3H3,(H,22,27)(H,23,24,29). The number of thiazole rings is 1. The molecule has 0 atom stereocenters. The number of benzene rings is 1. The van der Waals surface area contributed by atoms with Crippen molar-refractivity contribution in [1.29, 1.82) is 0 Å². The summed E-state index contributed by atoms with van der Waals surface area (Å²) in [5.74, 6) is -2.09. The van der Waals surface area contributed by atoms with Crippen molar-refractivity contribution in [2.45, 2.75) is 38.0 Å². The summed E-state index contributed by atoms with van der Waals surface area (Å²) >= 11 is 1.19. The predicted molar refractivity (Wildman–Crippen MR) is 123 cm³/mol. The van der Waals surface area contributed by atoms with Crippen LogP contribution >= 0.6 is 11.3 Å². The van der Waals surface area contributed by atoms with E-state index in [2.05, 4.69) is 15.6 Å². The third-order valence-corrected chi connectivity index (χ3v) is 7.59. The number of ketones is 1. The number of aryl methyl sites for hydroxylation is 1. The first-order valence-electron chi connectivity index (χ1n) is 10.2. The molecule has 12 heteroatoms. The fraction of sp³-hybridized carbons (Fsp3) is 0.333. The van der Waals surface area contributed by atoms with Crippen molar-refractivity contribution >= 4 is 49.8 Å². The Morgan fingerprint density at radius 2 is 1.94 bits per heavy atom. The van der Waals surface area contributed by atoms with Gasteiger partial charge in [0, 0.05) is 48.6 Å². The Balaban J connectivity index is 1.92. The lowest BCUT2D eigenvalue weighted by molar-refractivity contribution is -0.121. The van der Waals surface area contributed by atoms with Crippen molar-refractivity contribution in [3.05, 3.63) is 46.1 Å². The molecule has 3 rings (SSSR count). The van der Waals surface area contributed by atoms with E-state index in [0.717, 1.165) is 18.3 Å². The average Bonchev–Trinajstić information content (AvgIpc) is 3.18. The van der Waals surface area contributed by atoms with E-state index < -0.39 is 33.2 Å². The number of rotatable bonds is 8. The summed E-state index contributed by atoms with van der Waals surface area (Å²) in [7, 11) is -2.99. The first kappa shape index (κ1) is 24.4. The SMILES string of the molecule is CCCNC(=O)CCC(=O)c1ccc2c(c1)C(O)=C(C(=O)Nc1ncc(C)s1)N(C)S2(=O)=O. The summed E-state index contributed by atoms with van der Waals surface area (Å²) in [5.41, 5.74) is -0.521. The van der Waals surface area contributed by atoms with E-state index in [1.165, 1.54) is 29.5 Å². The van der Waals surface area contributed by atoms with E-state index >= 15 is 0 Å². The molecule has 1 aliphatic rings. The van der Waals surface area contributed by atoms with Gasteiger partial charge in [-0.05, 0) is 25.5 Å². The van der Waals surface area contributed by atoms with Crippen molar-refractivity contribution in [3.63, 3.8) is 0 Å². The average molecular weight is 493 g/mol. The van der Waals surface area contributed by atoms with E-state index in [4.69, 9.17) is 0 Å². The van der Waals surface area contributed by atoms with Crippen molar-refractivity contribution in [2.75, 3.05) is 18.9 Å². The maximum atomic E-state index is 13.0. The van der Waals surface area contributed by atoms with Crippen LogP contribution in [0.5, 0.6) is 0 Å². The molecule has 1 aromatic carbocycles. The van der Waals surface area contributed by atoms with E-state index in [-0.39, 0.29) is 39.9 Å². The smallest absolute Gasteiger partial charge is 0.278 e. The van der Waals surface area contributed by atoms with Crippen LogP contribution in [0.25, 0.3) is 5.76 Å². The van der Waals surface area contributed by atoms with E-state index in [9.17, 15) is 27.9 Å². The van der Waals surface area contributed by atoms with Gasteiger partial charge in [-0.2, -0.15) is 0 Å². The Bertz CT molecular complexity index is 1250. The van der Waals surface area contributed by atoms with Crippen LogP contribution in [0.3, 0.4) is 0 Å². The highest BCUT2D eigenvalue weighted by Crippen LogP contribution is 2.36. The number of hydrogen-bond acceptors (Lipinski definition) is 8. The normalized spacial score (nSPS) is 14.6. The largest absolute Gasteiger partial charge is 0.505 e. The van der Waals surface area contributed by atoms with Crippen LogP contribution in [0.1, 0.15) is 47.0 Å². The van der Waals surface area contributed by atoms with Crippen molar-refractivity contribution in [3.8, 4) is 0 Å². The first-order valence-corrected chi connectivity index (χ1v) is 12.4. The molecule has 0 radical (unpaired) electrons. The molecule has 0 fully saturated rings. The summed E-state index contributed by atoms with van der Waals surface area (Å²) in [6.45, 7) is 4.22. The zero-order chi connectivity index (χ0) is 24.3. The molecular weight excluding hydrogens is 468 g/mol. The second-order valence-corrected chi connectivity index (χ2v) is 10.6. The highest BCUT2D eigenvalue weighted by molar-refractivity contribution is 7.89. The number of aliphatic hydroxyl groups is 1. The molecule has 3 N–H and O–H groups in total. The number of anilines is 1. The number of fused-ring (bicyclic) bond motifs is 1. The minimum Gasteiger partial charge on any atom is -0.505 e. The molecule has 0 aliphatic carbocycles. The molecular formula is C21H24N4O6S2. The van der Waals surface area contributed by atoms with Gasteiger partial charge in [-0.1, -0.05) is 13.0 Å². The first-order chi connectivity index (χ1) is 15.6. The van der Waals surface area contributed by atoms with Crippen LogP contribution in [0.4, 0.5) is 5.13 Å². The Labute approximate surface area is 195 Å². The highest BCUT2D eigenvalue weighted by atomic mass is 32.2. The summed E-state index contributed by atoms with van der Waals surface area (Å²) in [6, 6.07) is 3.76. The number of nitrogens with zero attached hydrogens (tertiary/aromatic N) is 2. The van der Waals surface area contributed by atoms with Gasteiger partial charge in [-0.3, -0.25) is 24.0 Å². The second kappa shape index (κ2) is 9.71. The summed E-state index contributed by atoms with van der Waals surface area (Å²) in [5, 5.41) is 16.2. The molecule has 1 aromatic heterocycles. The number of hydrogen-bond donors (Lipinski definition) is 3. The molecule has 2 aromatic rings. The third kappa shape index (κ3) is 5.06. The second-order valence-electron chi connectivity index (χ2n) is 7.38. The lowest BCUT2D eigenvalue weighted by atomic mass is 10.0. The minimum absolute atomic E-state index is 0.0142. The summed E-state index contributed by atoms with van der Waals surface area (Å²) < 4.78 is 26.6. The molecule has 2 heterocycles. The number of Topliss-reactive ketones (excluding diaryl/α,β-unsaturated/α-hetero) is 1. The van der Waals surface area contributed by atoms with Gasteiger partial charge < -0.3 is 10.4 Å². The van der Waals surface area contributed by atoms with Gasteiger partial charge in [0.05, 0.1) is 4.90 Å². The molecule has 0 saturated heterocycles. The summed E-state index contributed by atoms with van der Waals surface area (Å²) in [6.07, 6.45) is 2.23. The van der Waals surface area contributed by atoms with Crippen LogP contribution in [0, 0.1) is 6.92 Å². The topological polar surface area (TPSA) is 146 Å². The molecule has 2 amide bonds. The minimum atomic E-state index is -4.15. The molecule has 0 saturated carbocycles. The van der Waals surface area contributed by atoms with Gasteiger partial charge in [0.25, 0.3) is 15.9 Å². The van der Waals surface area contributed by atoms with E-state index in [0.29, 0.717) is 10.8 Å². The number of amides is 2. The quantitative estimate of drug-likeness (QED) is 0.480. The fourth-order valence-electron chi connectivity index (χ4n) is 3.20. The van der Waals surface area contributed by atoms with Gasteiger partial charge in [0.2, 0.25) is 5.91 Å². The van der Waals surface area contributed by atoms with Gasteiger partial charge in [0.15, 0.2) is 22.4 Å². The third-order valence-electron chi connectivity index (χ3n) is 4.94. The summed E-state index contributed by atoms with van der Waals surface area (Å²) in [4.78, 5) is 41.8. The molecule has 176 valence electrons. The highest BCUT2D eigenvalue weighted by Gasteiger charge is 2.38. The van der Waals surface area contributed by atoms with Gasteiger partial charge >= 0.3 is 0 Å². The number of sulfonamides is 1. The molecule has 0 spiro atoms. The Hall–Kier alpha value is -3.25. The van der Waals surface area contributed by atoms with Crippen molar-refractivity contribution < 1.29 is 27.9 Å². The maximum absolute atomic E-state index is 13.0.